The summed E-state index contributed by atoms with van der Waals surface area (Å²) in [5.74, 6) is -0.183. The Morgan fingerprint density at radius 3 is 2.70 bits per heavy atom. The minimum atomic E-state index is -0.474. The van der Waals surface area contributed by atoms with E-state index in [-0.39, 0.29) is 18.1 Å². The van der Waals surface area contributed by atoms with E-state index in [9.17, 15) is 4.79 Å². The molecule has 20 heavy (non-hydrogen) atoms. The molecule has 0 aromatic carbocycles. The third kappa shape index (κ3) is 3.12. The molecule has 1 saturated heterocycles. The average Bonchev–Trinajstić information content (AvgIpc) is 2.91. The van der Waals surface area contributed by atoms with E-state index in [0.29, 0.717) is 6.54 Å². The smallest absolute Gasteiger partial charge is 0.329 e. The highest BCUT2D eigenvalue weighted by molar-refractivity contribution is 5.81. The number of nitrogens with zero attached hydrogens (tertiary/aromatic N) is 3. The summed E-state index contributed by atoms with van der Waals surface area (Å²) < 4.78 is 7.25. The Hall–Kier alpha value is -1.56. The van der Waals surface area contributed by atoms with Gasteiger partial charge in [-0.1, -0.05) is 0 Å². The summed E-state index contributed by atoms with van der Waals surface area (Å²) in [6.07, 6.45) is 5.34. The van der Waals surface area contributed by atoms with Gasteiger partial charge in [-0.25, -0.2) is 4.79 Å². The van der Waals surface area contributed by atoms with Gasteiger partial charge in [-0.15, -0.1) is 0 Å². The van der Waals surface area contributed by atoms with Gasteiger partial charge in [-0.2, -0.15) is 5.10 Å². The van der Waals surface area contributed by atoms with Gasteiger partial charge in [0.15, 0.2) is 0 Å². The molecule has 1 aliphatic heterocycles. The van der Waals surface area contributed by atoms with Gasteiger partial charge in [0, 0.05) is 25.8 Å². The van der Waals surface area contributed by atoms with Crippen LogP contribution in [-0.4, -0.2) is 40.0 Å². The van der Waals surface area contributed by atoms with E-state index in [1.807, 2.05) is 34.0 Å². The van der Waals surface area contributed by atoms with Gasteiger partial charge in [-0.05, 0) is 33.6 Å². The first-order chi connectivity index (χ1) is 9.31. The number of aromatic nitrogens is 2. The van der Waals surface area contributed by atoms with Crippen molar-refractivity contribution >= 4 is 11.7 Å². The van der Waals surface area contributed by atoms with Gasteiger partial charge in [0.1, 0.15) is 11.6 Å². The Kier molecular flexibility index (Phi) is 4.04. The van der Waals surface area contributed by atoms with E-state index >= 15 is 0 Å². The predicted molar refractivity (Wildman–Crippen MR) is 77.4 cm³/mol. The molecule has 1 aromatic heterocycles. The second-order valence-corrected chi connectivity index (χ2v) is 6.30. The van der Waals surface area contributed by atoms with Crippen molar-refractivity contribution in [1.29, 1.82) is 0 Å². The first-order valence-corrected chi connectivity index (χ1v) is 7.02. The fourth-order valence-electron chi connectivity index (χ4n) is 2.65. The molecule has 1 aliphatic rings. The number of carbonyl (C=O) groups is 1. The maximum atomic E-state index is 12.4. The van der Waals surface area contributed by atoms with Crippen molar-refractivity contribution < 1.29 is 9.53 Å². The number of aryl methyl sites for hydroxylation is 1. The zero-order chi connectivity index (χ0) is 14.9. The van der Waals surface area contributed by atoms with Gasteiger partial charge >= 0.3 is 5.97 Å². The Labute approximate surface area is 119 Å². The van der Waals surface area contributed by atoms with Crippen molar-refractivity contribution in [2.75, 3.05) is 11.4 Å². The lowest BCUT2D eigenvalue weighted by molar-refractivity contribution is -0.156. The molecule has 2 atom stereocenters. The van der Waals surface area contributed by atoms with E-state index in [1.54, 1.807) is 10.9 Å². The highest BCUT2D eigenvalue weighted by Gasteiger charge is 2.40. The number of rotatable bonds is 3. The van der Waals surface area contributed by atoms with Crippen LogP contribution in [0.15, 0.2) is 12.4 Å². The molecule has 112 valence electrons. The van der Waals surface area contributed by atoms with Crippen molar-refractivity contribution in [2.45, 2.75) is 51.3 Å². The zero-order valence-corrected chi connectivity index (χ0v) is 12.7. The summed E-state index contributed by atoms with van der Waals surface area (Å²) in [4.78, 5) is 14.4. The maximum Gasteiger partial charge on any atom is 0.329 e. The van der Waals surface area contributed by atoms with Crippen LogP contribution in [0.4, 0.5) is 5.69 Å². The van der Waals surface area contributed by atoms with Gasteiger partial charge in [-0.3, -0.25) is 4.68 Å². The van der Waals surface area contributed by atoms with Crippen LogP contribution in [0.5, 0.6) is 0 Å². The van der Waals surface area contributed by atoms with Crippen LogP contribution in [0.25, 0.3) is 0 Å². The second-order valence-electron chi connectivity index (χ2n) is 6.30. The molecule has 0 radical (unpaired) electrons. The maximum absolute atomic E-state index is 12.4. The van der Waals surface area contributed by atoms with Crippen LogP contribution in [-0.2, 0) is 16.6 Å². The van der Waals surface area contributed by atoms with Crippen molar-refractivity contribution in [3.8, 4) is 0 Å². The van der Waals surface area contributed by atoms with Crippen LogP contribution in [0, 0.1) is 0 Å². The molecular formula is C14H24N4O2. The van der Waals surface area contributed by atoms with Gasteiger partial charge in [0.2, 0.25) is 0 Å². The molecule has 0 aliphatic carbocycles. The summed E-state index contributed by atoms with van der Waals surface area (Å²) in [6.45, 7) is 6.17. The predicted octanol–water partition coefficient (Wildman–Crippen LogP) is 1.06. The fraction of sp³-hybridized carbons (Fsp3) is 0.714. The summed E-state index contributed by atoms with van der Waals surface area (Å²) in [5, 5.41) is 4.18. The second kappa shape index (κ2) is 5.44. The standard InChI is InChI=1S/C14H24N4O2/c1-14(2,3)20-13(19)12-6-5-10(7-15)18(12)11-8-16-17(4)9-11/h8-10,12H,5-7,15H2,1-4H3/t10-,12-/m0/s1. The largest absolute Gasteiger partial charge is 0.458 e. The molecule has 2 heterocycles. The number of hydrogen-bond acceptors (Lipinski definition) is 5. The van der Waals surface area contributed by atoms with Crippen LogP contribution in [0.1, 0.15) is 33.6 Å². The SMILES string of the molecule is Cn1cc(N2[C@H](CN)CC[C@H]2C(=O)OC(C)(C)C)cn1. The first kappa shape index (κ1) is 14.8. The van der Waals surface area contributed by atoms with Crippen molar-refractivity contribution in [2.24, 2.45) is 12.8 Å². The summed E-state index contributed by atoms with van der Waals surface area (Å²) >= 11 is 0. The monoisotopic (exact) mass is 280 g/mol. The highest BCUT2D eigenvalue weighted by atomic mass is 16.6. The molecule has 2 rings (SSSR count). The van der Waals surface area contributed by atoms with Crippen LogP contribution in [0.2, 0.25) is 0 Å². The molecule has 0 spiro atoms. The quantitative estimate of drug-likeness (QED) is 0.838. The summed E-state index contributed by atoms with van der Waals surface area (Å²) in [6, 6.07) is -0.108. The molecule has 6 nitrogen and oxygen atoms in total. The third-order valence-electron chi connectivity index (χ3n) is 3.44. The molecule has 0 saturated carbocycles. The molecule has 1 fully saturated rings. The third-order valence-corrected chi connectivity index (χ3v) is 3.44. The summed E-state index contributed by atoms with van der Waals surface area (Å²) in [5.41, 5.74) is 6.29. The Morgan fingerprint density at radius 2 is 2.20 bits per heavy atom. The first-order valence-electron chi connectivity index (χ1n) is 7.02. The molecule has 6 heteroatoms. The summed E-state index contributed by atoms with van der Waals surface area (Å²) in [7, 11) is 1.86. The van der Waals surface area contributed by atoms with Gasteiger partial charge in [0.05, 0.1) is 11.9 Å². The lowest BCUT2D eigenvalue weighted by Gasteiger charge is -2.31. The van der Waals surface area contributed by atoms with E-state index in [1.165, 1.54) is 0 Å². The molecule has 2 N–H and O–H groups in total. The molecule has 0 amide bonds. The van der Waals surface area contributed by atoms with Crippen molar-refractivity contribution in [3.05, 3.63) is 12.4 Å². The normalized spacial score (nSPS) is 23.1. The Bertz CT molecular complexity index is 478. The number of nitrogens with two attached hydrogens (primary N) is 1. The highest BCUT2D eigenvalue weighted by Crippen LogP contribution is 2.31. The fourth-order valence-corrected chi connectivity index (χ4v) is 2.65. The van der Waals surface area contributed by atoms with Crippen LogP contribution < -0.4 is 10.6 Å². The van der Waals surface area contributed by atoms with E-state index in [2.05, 4.69) is 10.00 Å². The number of esters is 1. The van der Waals surface area contributed by atoms with Crippen LogP contribution >= 0.6 is 0 Å². The van der Waals surface area contributed by atoms with E-state index in [0.717, 1.165) is 18.5 Å². The number of anilines is 1. The van der Waals surface area contributed by atoms with Gasteiger partial charge < -0.3 is 15.4 Å². The lowest BCUT2D eigenvalue weighted by Crippen LogP contribution is -2.46. The number of hydrogen-bond donors (Lipinski definition) is 1. The minimum Gasteiger partial charge on any atom is -0.458 e. The Morgan fingerprint density at radius 1 is 1.50 bits per heavy atom. The number of ether oxygens (including phenoxy) is 1. The van der Waals surface area contributed by atoms with E-state index in [4.69, 9.17) is 10.5 Å². The average molecular weight is 280 g/mol. The lowest BCUT2D eigenvalue weighted by atomic mass is 10.1. The number of carbonyl (C=O) groups excluding carboxylic acids is 1. The molecular weight excluding hydrogens is 256 g/mol. The Balaban J connectivity index is 2.21. The molecule has 0 unspecified atom stereocenters. The topological polar surface area (TPSA) is 73.4 Å². The minimum absolute atomic E-state index is 0.164. The van der Waals surface area contributed by atoms with Crippen LogP contribution in [0.3, 0.4) is 0 Å². The molecule has 1 aromatic rings. The van der Waals surface area contributed by atoms with E-state index < -0.39 is 5.60 Å². The van der Waals surface area contributed by atoms with Gasteiger partial charge in [0.25, 0.3) is 0 Å². The van der Waals surface area contributed by atoms with Crippen molar-refractivity contribution in [3.63, 3.8) is 0 Å². The zero-order valence-electron chi connectivity index (χ0n) is 12.7. The van der Waals surface area contributed by atoms with Crippen molar-refractivity contribution in [1.82, 2.24) is 9.78 Å². The molecule has 0 bridgehead atoms.